The molecular weight excluding hydrogens is 356 g/mol. The fraction of sp³-hybridized carbons (Fsp3) is 0.533. The Hall–Kier alpha value is -0.620. The molecule has 0 spiro atoms. The number of hydrogen-bond donors (Lipinski definition) is 2. The molecule has 3 N–H and O–H groups in total. The van der Waals surface area contributed by atoms with Gasteiger partial charge in [0.2, 0.25) is 5.91 Å². The van der Waals surface area contributed by atoms with Gasteiger partial charge in [-0.15, -0.1) is 12.4 Å². The topological polar surface area (TPSA) is 64.3 Å². The van der Waals surface area contributed by atoms with E-state index < -0.39 is 6.04 Å². The SMILES string of the molecule is COCC(N)C(=O)NC(c1ccc(Br)cc1)C1CCC1.Cl. The molecule has 1 aromatic rings. The number of nitrogens with two attached hydrogens (primary N) is 1. The summed E-state index contributed by atoms with van der Waals surface area (Å²) < 4.78 is 5.97. The second-order valence-corrected chi connectivity index (χ2v) is 6.21. The predicted octanol–water partition coefficient (Wildman–Crippen LogP) is 2.80. The van der Waals surface area contributed by atoms with E-state index in [2.05, 4.69) is 33.4 Å². The van der Waals surface area contributed by atoms with Crippen LogP contribution >= 0.6 is 28.3 Å². The summed E-state index contributed by atoms with van der Waals surface area (Å²) in [5.74, 6) is 0.363. The molecule has 1 amide bonds. The minimum atomic E-state index is -0.613. The molecule has 21 heavy (non-hydrogen) atoms. The highest BCUT2D eigenvalue weighted by atomic mass is 79.9. The second-order valence-electron chi connectivity index (χ2n) is 5.29. The van der Waals surface area contributed by atoms with Crippen molar-refractivity contribution in [2.75, 3.05) is 13.7 Å². The number of hydrogen-bond acceptors (Lipinski definition) is 3. The van der Waals surface area contributed by atoms with Crippen molar-refractivity contribution in [3.05, 3.63) is 34.3 Å². The first-order chi connectivity index (χ1) is 9.61. The van der Waals surface area contributed by atoms with Gasteiger partial charge < -0.3 is 15.8 Å². The van der Waals surface area contributed by atoms with E-state index in [1.807, 2.05) is 12.1 Å². The third-order valence-electron chi connectivity index (χ3n) is 3.83. The zero-order chi connectivity index (χ0) is 14.5. The van der Waals surface area contributed by atoms with Crippen molar-refractivity contribution < 1.29 is 9.53 Å². The number of amides is 1. The molecule has 1 saturated carbocycles. The summed E-state index contributed by atoms with van der Waals surface area (Å²) in [5.41, 5.74) is 6.93. The van der Waals surface area contributed by atoms with Crippen LogP contribution < -0.4 is 11.1 Å². The highest BCUT2D eigenvalue weighted by Gasteiger charge is 2.30. The maximum atomic E-state index is 12.1. The van der Waals surface area contributed by atoms with E-state index in [0.717, 1.165) is 22.9 Å². The smallest absolute Gasteiger partial charge is 0.239 e. The van der Waals surface area contributed by atoms with Crippen LogP contribution in [0.15, 0.2) is 28.7 Å². The van der Waals surface area contributed by atoms with Crippen LogP contribution in [0.25, 0.3) is 0 Å². The summed E-state index contributed by atoms with van der Waals surface area (Å²) in [7, 11) is 1.55. The van der Waals surface area contributed by atoms with Crippen LogP contribution in [0.5, 0.6) is 0 Å². The molecule has 1 aliphatic carbocycles. The molecule has 118 valence electrons. The van der Waals surface area contributed by atoms with E-state index in [9.17, 15) is 4.79 Å². The number of carbonyl (C=O) groups excluding carboxylic acids is 1. The minimum Gasteiger partial charge on any atom is -0.383 e. The molecule has 2 atom stereocenters. The van der Waals surface area contributed by atoms with Crippen molar-refractivity contribution in [2.45, 2.75) is 31.3 Å². The molecule has 0 saturated heterocycles. The zero-order valence-corrected chi connectivity index (χ0v) is 14.5. The van der Waals surface area contributed by atoms with Gasteiger partial charge in [-0.1, -0.05) is 34.5 Å². The molecule has 1 aliphatic rings. The summed E-state index contributed by atoms with van der Waals surface area (Å²) in [5, 5.41) is 3.08. The Morgan fingerprint density at radius 3 is 2.52 bits per heavy atom. The third-order valence-corrected chi connectivity index (χ3v) is 4.36. The molecule has 1 fully saturated rings. The number of carbonyl (C=O) groups is 1. The molecule has 4 nitrogen and oxygen atoms in total. The van der Waals surface area contributed by atoms with Gasteiger partial charge in [0.1, 0.15) is 6.04 Å². The normalized spacial score (nSPS) is 17.3. The molecule has 0 radical (unpaired) electrons. The number of halogens is 2. The van der Waals surface area contributed by atoms with Gasteiger partial charge in [-0.3, -0.25) is 4.79 Å². The average molecular weight is 378 g/mol. The van der Waals surface area contributed by atoms with Crippen molar-refractivity contribution in [1.29, 1.82) is 0 Å². The zero-order valence-electron chi connectivity index (χ0n) is 12.0. The number of nitrogens with one attached hydrogen (secondary N) is 1. The number of rotatable bonds is 6. The van der Waals surface area contributed by atoms with E-state index in [0.29, 0.717) is 5.92 Å². The summed E-state index contributed by atoms with van der Waals surface area (Å²) in [6, 6.07) is 7.54. The first-order valence-corrected chi connectivity index (χ1v) is 7.71. The molecule has 1 aromatic carbocycles. The van der Waals surface area contributed by atoms with Crippen molar-refractivity contribution in [1.82, 2.24) is 5.32 Å². The average Bonchev–Trinajstić information content (AvgIpc) is 2.37. The third kappa shape index (κ3) is 4.95. The molecule has 2 rings (SSSR count). The maximum absolute atomic E-state index is 12.1. The highest BCUT2D eigenvalue weighted by molar-refractivity contribution is 9.10. The van der Waals surface area contributed by atoms with Crippen LogP contribution in [-0.4, -0.2) is 25.7 Å². The quantitative estimate of drug-likeness (QED) is 0.801. The van der Waals surface area contributed by atoms with Crippen LogP contribution in [0.2, 0.25) is 0 Å². The lowest BCUT2D eigenvalue weighted by Gasteiger charge is -2.35. The molecule has 0 aromatic heterocycles. The highest BCUT2D eigenvalue weighted by Crippen LogP contribution is 2.38. The van der Waals surface area contributed by atoms with Gasteiger partial charge in [-0.25, -0.2) is 0 Å². The van der Waals surface area contributed by atoms with Gasteiger partial charge in [0, 0.05) is 11.6 Å². The molecule has 2 unspecified atom stereocenters. The first kappa shape index (κ1) is 18.4. The number of benzene rings is 1. The fourth-order valence-corrected chi connectivity index (χ4v) is 2.70. The Morgan fingerprint density at radius 2 is 2.05 bits per heavy atom. The lowest BCUT2D eigenvalue weighted by atomic mass is 9.77. The van der Waals surface area contributed by atoms with Gasteiger partial charge in [0.25, 0.3) is 0 Å². The molecule has 6 heteroatoms. The summed E-state index contributed by atoms with van der Waals surface area (Å²) >= 11 is 3.43. The van der Waals surface area contributed by atoms with E-state index in [-0.39, 0.29) is 31.0 Å². The molecule has 0 aliphatic heterocycles. The van der Waals surface area contributed by atoms with Gasteiger partial charge in [-0.05, 0) is 36.5 Å². The van der Waals surface area contributed by atoms with Crippen LogP contribution in [0.3, 0.4) is 0 Å². The van der Waals surface area contributed by atoms with Crippen LogP contribution in [0.1, 0.15) is 30.9 Å². The largest absolute Gasteiger partial charge is 0.383 e. The lowest BCUT2D eigenvalue weighted by molar-refractivity contribution is -0.124. The molecule has 0 bridgehead atoms. The second kappa shape index (κ2) is 8.73. The first-order valence-electron chi connectivity index (χ1n) is 6.92. The Morgan fingerprint density at radius 1 is 1.43 bits per heavy atom. The Balaban J connectivity index is 0.00000220. The maximum Gasteiger partial charge on any atom is 0.239 e. The number of methoxy groups -OCH3 is 1. The fourth-order valence-electron chi connectivity index (χ4n) is 2.43. The summed E-state index contributed by atoms with van der Waals surface area (Å²) in [6.07, 6.45) is 3.54. The molecular formula is C15H22BrClN2O2. The van der Waals surface area contributed by atoms with Crippen molar-refractivity contribution >= 4 is 34.2 Å². The summed E-state index contributed by atoms with van der Waals surface area (Å²) in [6.45, 7) is 0.240. The Labute approximate surface area is 140 Å². The Bertz CT molecular complexity index is 451. The predicted molar refractivity (Wildman–Crippen MR) is 89.5 cm³/mol. The Kier molecular flexibility index (Phi) is 7.66. The monoisotopic (exact) mass is 376 g/mol. The van der Waals surface area contributed by atoms with E-state index >= 15 is 0 Å². The van der Waals surface area contributed by atoms with Crippen molar-refractivity contribution in [2.24, 2.45) is 11.7 Å². The van der Waals surface area contributed by atoms with Crippen LogP contribution in [0.4, 0.5) is 0 Å². The van der Waals surface area contributed by atoms with E-state index in [4.69, 9.17) is 10.5 Å². The van der Waals surface area contributed by atoms with Gasteiger partial charge >= 0.3 is 0 Å². The van der Waals surface area contributed by atoms with Gasteiger partial charge in [-0.2, -0.15) is 0 Å². The van der Waals surface area contributed by atoms with E-state index in [1.165, 1.54) is 6.42 Å². The summed E-state index contributed by atoms with van der Waals surface area (Å²) in [4.78, 5) is 12.1. The van der Waals surface area contributed by atoms with Crippen molar-refractivity contribution in [3.8, 4) is 0 Å². The van der Waals surface area contributed by atoms with Gasteiger partial charge in [0.15, 0.2) is 0 Å². The standard InChI is InChI=1S/C15H21BrN2O2.ClH/c1-20-9-13(17)15(19)18-14(10-3-2-4-10)11-5-7-12(16)8-6-11;/h5-8,10,13-14H,2-4,9,17H2,1H3,(H,18,19);1H. The van der Waals surface area contributed by atoms with Gasteiger partial charge in [0.05, 0.1) is 12.6 Å². The van der Waals surface area contributed by atoms with Crippen LogP contribution in [0, 0.1) is 5.92 Å². The molecule has 0 heterocycles. The minimum absolute atomic E-state index is 0. The van der Waals surface area contributed by atoms with E-state index in [1.54, 1.807) is 7.11 Å². The van der Waals surface area contributed by atoms with Crippen molar-refractivity contribution in [3.63, 3.8) is 0 Å². The van der Waals surface area contributed by atoms with Crippen LogP contribution in [-0.2, 0) is 9.53 Å². The number of ether oxygens (including phenoxy) is 1. The lowest BCUT2D eigenvalue weighted by Crippen LogP contribution is -2.47.